The van der Waals surface area contributed by atoms with Crippen molar-refractivity contribution in [3.05, 3.63) is 51.6 Å². The molecule has 0 saturated heterocycles. The van der Waals surface area contributed by atoms with Gasteiger partial charge in [-0.05, 0) is 55.5 Å². The van der Waals surface area contributed by atoms with Gasteiger partial charge in [0.15, 0.2) is 0 Å². The molecule has 152 valence electrons. The van der Waals surface area contributed by atoms with Crippen LogP contribution in [-0.2, 0) is 29.7 Å². The van der Waals surface area contributed by atoms with E-state index in [0.717, 1.165) is 37.9 Å². The van der Waals surface area contributed by atoms with Crippen LogP contribution in [0.4, 0.5) is 0 Å². The third-order valence-corrected chi connectivity index (χ3v) is 6.63. The SMILES string of the molecule is Cc1cc(C)c(C(=O)N2CCc3c(cnc(C)c3CNS(=O)(=O)N(C)C)C2)[nH]1. The van der Waals surface area contributed by atoms with Crippen LogP contribution in [0.3, 0.4) is 0 Å². The van der Waals surface area contributed by atoms with Crippen molar-refractivity contribution >= 4 is 16.1 Å². The Morgan fingerprint density at radius 2 is 2.04 bits per heavy atom. The van der Waals surface area contributed by atoms with Gasteiger partial charge in [-0.25, -0.2) is 0 Å². The number of H-pyrrole nitrogens is 1. The minimum absolute atomic E-state index is 0.0216. The smallest absolute Gasteiger partial charge is 0.279 e. The normalized spacial score (nSPS) is 14.4. The van der Waals surface area contributed by atoms with Crippen LogP contribution in [0.1, 0.15) is 44.1 Å². The zero-order chi connectivity index (χ0) is 20.6. The van der Waals surface area contributed by atoms with Crippen molar-refractivity contribution in [3.8, 4) is 0 Å². The second-order valence-electron chi connectivity index (χ2n) is 7.42. The van der Waals surface area contributed by atoms with Gasteiger partial charge in [0.2, 0.25) is 0 Å². The van der Waals surface area contributed by atoms with Crippen molar-refractivity contribution in [1.82, 2.24) is 23.9 Å². The first-order valence-corrected chi connectivity index (χ1v) is 10.6. The molecule has 1 amide bonds. The van der Waals surface area contributed by atoms with E-state index in [9.17, 15) is 13.2 Å². The van der Waals surface area contributed by atoms with Crippen LogP contribution in [0.2, 0.25) is 0 Å². The summed E-state index contributed by atoms with van der Waals surface area (Å²) in [6, 6.07) is 1.96. The number of rotatable bonds is 5. The molecule has 0 aromatic carbocycles. The van der Waals surface area contributed by atoms with Gasteiger partial charge in [0.1, 0.15) is 5.69 Å². The fourth-order valence-corrected chi connectivity index (χ4v) is 4.12. The Morgan fingerprint density at radius 1 is 1.32 bits per heavy atom. The second-order valence-corrected chi connectivity index (χ2v) is 9.39. The molecule has 3 rings (SSSR count). The van der Waals surface area contributed by atoms with Crippen LogP contribution < -0.4 is 4.72 Å². The number of aromatic nitrogens is 2. The maximum atomic E-state index is 12.9. The molecule has 1 aliphatic heterocycles. The average Bonchev–Trinajstić information content (AvgIpc) is 2.97. The first kappa shape index (κ1) is 20.5. The Labute approximate surface area is 166 Å². The fraction of sp³-hybridized carbons (Fsp3) is 0.474. The lowest BCUT2D eigenvalue weighted by molar-refractivity contribution is 0.0728. The highest BCUT2D eigenvalue weighted by Crippen LogP contribution is 2.25. The fourth-order valence-electron chi connectivity index (χ4n) is 3.53. The molecule has 2 aromatic heterocycles. The Hall–Kier alpha value is -2.23. The number of fused-ring (bicyclic) bond motifs is 1. The summed E-state index contributed by atoms with van der Waals surface area (Å²) in [4.78, 5) is 22.3. The minimum Gasteiger partial charge on any atom is -0.354 e. The molecule has 0 fully saturated rings. The van der Waals surface area contributed by atoms with Gasteiger partial charge < -0.3 is 9.88 Å². The van der Waals surface area contributed by atoms with Crippen LogP contribution >= 0.6 is 0 Å². The van der Waals surface area contributed by atoms with Gasteiger partial charge in [-0.2, -0.15) is 17.4 Å². The molecule has 0 radical (unpaired) electrons. The van der Waals surface area contributed by atoms with E-state index in [0.29, 0.717) is 25.2 Å². The van der Waals surface area contributed by atoms with Gasteiger partial charge in [0.25, 0.3) is 16.1 Å². The van der Waals surface area contributed by atoms with E-state index in [4.69, 9.17) is 0 Å². The molecule has 28 heavy (non-hydrogen) atoms. The van der Waals surface area contributed by atoms with Crippen LogP contribution in [0.25, 0.3) is 0 Å². The topological polar surface area (TPSA) is 98.4 Å². The predicted octanol–water partition coefficient (Wildman–Crippen LogP) is 1.43. The van der Waals surface area contributed by atoms with Gasteiger partial charge >= 0.3 is 0 Å². The number of nitrogens with zero attached hydrogens (tertiary/aromatic N) is 3. The number of nitrogens with one attached hydrogen (secondary N) is 2. The third kappa shape index (κ3) is 3.96. The summed E-state index contributed by atoms with van der Waals surface area (Å²) < 4.78 is 27.9. The molecule has 2 aromatic rings. The van der Waals surface area contributed by atoms with Crippen molar-refractivity contribution in [1.29, 1.82) is 0 Å². The van der Waals surface area contributed by atoms with E-state index < -0.39 is 10.2 Å². The highest BCUT2D eigenvalue weighted by atomic mass is 32.2. The number of aryl methyl sites for hydroxylation is 3. The van der Waals surface area contributed by atoms with Gasteiger partial charge in [-0.1, -0.05) is 0 Å². The lowest BCUT2D eigenvalue weighted by Gasteiger charge is -2.30. The van der Waals surface area contributed by atoms with Crippen molar-refractivity contribution in [2.45, 2.75) is 40.3 Å². The van der Waals surface area contributed by atoms with Crippen molar-refractivity contribution in [3.63, 3.8) is 0 Å². The number of carbonyl (C=O) groups excluding carboxylic acids is 1. The highest BCUT2D eigenvalue weighted by molar-refractivity contribution is 7.87. The molecule has 0 aliphatic carbocycles. The lowest BCUT2D eigenvalue weighted by Crippen LogP contribution is -2.38. The third-order valence-electron chi connectivity index (χ3n) is 5.16. The maximum absolute atomic E-state index is 12.9. The standard InChI is InChI=1S/C19H27N5O3S/c1-12-8-13(2)22-18(12)19(25)24-7-6-16-15(11-24)9-20-14(3)17(16)10-21-28(26,27)23(4)5/h8-9,21-22H,6-7,10-11H2,1-5H3. The molecule has 1 aliphatic rings. The first-order valence-electron chi connectivity index (χ1n) is 9.19. The van der Waals surface area contributed by atoms with Crippen molar-refractivity contribution in [2.24, 2.45) is 0 Å². The molecule has 9 heteroatoms. The zero-order valence-electron chi connectivity index (χ0n) is 17.0. The van der Waals surface area contributed by atoms with E-state index in [1.54, 1.807) is 6.20 Å². The largest absolute Gasteiger partial charge is 0.354 e. The van der Waals surface area contributed by atoms with E-state index in [2.05, 4.69) is 14.7 Å². The van der Waals surface area contributed by atoms with Crippen molar-refractivity contribution < 1.29 is 13.2 Å². The van der Waals surface area contributed by atoms with Crippen molar-refractivity contribution in [2.75, 3.05) is 20.6 Å². The summed E-state index contributed by atoms with van der Waals surface area (Å²) in [6.07, 6.45) is 2.46. The lowest BCUT2D eigenvalue weighted by atomic mass is 9.95. The molecule has 0 unspecified atom stereocenters. The van der Waals surface area contributed by atoms with Gasteiger partial charge in [-0.15, -0.1) is 0 Å². The number of carbonyl (C=O) groups is 1. The number of amides is 1. The Bertz CT molecular complexity index is 1010. The molecular weight excluding hydrogens is 378 g/mol. The van der Waals surface area contributed by atoms with Crippen LogP contribution in [0.15, 0.2) is 12.3 Å². The predicted molar refractivity (Wildman–Crippen MR) is 107 cm³/mol. The van der Waals surface area contributed by atoms with E-state index >= 15 is 0 Å². The van der Waals surface area contributed by atoms with E-state index in [1.165, 1.54) is 14.1 Å². The van der Waals surface area contributed by atoms with Gasteiger partial charge in [0, 0.05) is 51.3 Å². The molecule has 3 heterocycles. The Morgan fingerprint density at radius 3 is 2.64 bits per heavy atom. The van der Waals surface area contributed by atoms with E-state index in [1.807, 2.05) is 31.7 Å². The summed E-state index contributed by atoms with van der Waals surface area (Å²) in [6.45, 7) is 6.97. The van der Waals surface area contributed by atoms with E-state index in [-0.39, 0.29) is 12.5 Å². The number of aromatic amines is 1. The monoisotopic (exact) mass is 405 g/mol. The second kappa shape index (κ2) is 7.65. The first-order chi connectivity index (χ1) is 13.1. The van der Waals surface area contributed by atoms with Crippen LogP contribution in [0, 0.1) is 20.8 Å². The molecule has 0 saturated carbocycles. The summed E-state index contributed by atoms with van der Waals surface area (Å²) in [7, 11) is -0.540. The van der Waals surface area contributed by atoms with Crippen LogP contribution in [-0.4, -0.2) is 54.1 Å². The number of hydrogen-bond donors (Lipinski definition) is 2. The minimum atomic E-state index is -3.52. The van der Waals surface area contributed by atoms with Crippen LogP contribution in [0.5, 0.6) is 0 Å². The summed E-state index contributed by atoms with van der Waals surface area (Å²) in [5, 5.41) is 0. The Kier molecular flexibility index (Phi) is 5.60. The summed E-state index contributed by atoms with van der Waals surface area (Å²) in [5.74, 6) is -0.0216. The zero-order valence-corrected chi connectivity index (χ0v) is 17.8. The maximum Gasteiger partial charge on any atom is 0.279 e. The van der Waals surface area contributed by atoms with Gasteiger partial charge in [0.05, 0.1) is 0 Å². The highest BCUT2D eigenvalue weighted by Gasteiger charge is 2.26. The van der Waals surface area contributed by atoms with Gasteiger partial charge in [-0.3, -0.25) is 9.78 Å². The number of hydrogen-bond acceptors (Lipinski definition) is 4. The summed E-state index contributed by atoms with van der Waals surface area (Å²) in [5.41, 5.74) is 6.26. The Balaban J connectivity index is 1.83. The molecule has 0 bridgehead atoms. The molecule has 2 N–H and O–H groups in total. The quantitative estimate of drug-likeness (QED) is 0.786. The number of pyridine rings is 1. The average molecular weight is 406 g/mol. The molecule has 8 nitrogen and oxygen atoms in total. The summed E-state index contributed by atoms with van der Waals surface area (Å²) >= 11 is 0. The molecular formula is C19H27N5O3S. The molecule has 0 atom stereocenters. The molecule has 0 spiro atoms.